The van der Waals surface area contributed by atoms with Gasteiger partial charge < -0.3 is 4.74 Å². The van der Waals surface area contributed by atoms with Crippen LogP contribution in [0.3, 0.4) is 0 Å². The van der Waals surface area contributed by atoms with Gasteiger partial charge in [-0.05, 0) is 19.4 Å². The molecule has 6 nitrogen and oxygen atoms in total. The Kier molecular flexibility index (Phi) is 5.12. The first kappa shape index (κ1) is 14.9. The average Bonchev–Trinajstić information content (AvgIpc) is 2.72. The topological polar surface area (TPSA) is 84.5 Å². The summed E-state index contributed by atoms with van der Waals surface area (Å²) >= 11 is 1.22. The number of hydrogen-bond acceptors (Lipinski definition) is 5. The molecule has 0 unspecified atom stereocenters. The van der Waals surface area contributed by atoms with Crippen LogP contribution < -0.4 is 9.44 Å². The highest BCUT2D eigenvalue weighted by Gasteiger charge is 2.20. The summed E-state index contributed by atoms with van der Waals surface area (Å²) in [4.78, 5) is 12.6. The fourth-order valence-electron chi connectivity index (χ4n) is 1.23. The monoisotopic (exact) mass is 292 g/mol. The largest absolute Gasteiger partial charge is 0.462 e. The molecule has 0 aliphatic rings. The van der Waals surface area contributed by atoms with Crippen LogP contribution in [0.1, 0.15) is 29.1 Å². The standard InChI is InChI=1S/C10H16N2O4S2/c1-4-7-6-8(10(13)16-5-2)9(17-7)12-18(14,15)11-3/h6,11-12H,4-5H2,1-3H3. The van der Waals surface area contributed by atoms with E-state index in [-0.39, 0.29) is 17.2 Å². The van der Waals surface area contributed by atoms with Crippen LogP contribution in [0.15, 0.2) is 6.07 Å². The second-order valence-corrected chi connectivity index (χ2v) is 6.10. The molecule has 0 bridgehead atoms. The van der Waals surface area contributed by atoms with Gasteiger partial charge in [0.2, 0.25) is 0 Å². The summed E-state index contributed by atoms with van der Waals surface area (Å²) in [6, 6.07) is 1.65. The molecule has 1 aromatic rings. The minimum Gasteiger partial charge on any atom is -0.462 e. The Morgan fingerprint density at radius 3 is 2.61 bits per heavy atom. The van der Waals surface area contributed by atoms with Crippen molar-refractivity contribution in [3.63, 3.8) is 0 Å². The Labute approximate surface area is 111 Å². The third kappa shape index (κ3) is 3.69. The van der Waals surface area contributed by atoms with E-state index in [0.29, 0.717) is 0 Å². The highest BCUT2D eigenvalue weighted by atomic mass is 32.2. The van der Waals surface area contributed by atoms with Crippen LogP contribution >= 0.6 is 11.3 Å². The van der Waals surface area contributed by atoms with Crippen LogP contribution in [0.4, 0.5) is 5.00 Å². The highest BCUT2D eigenvalue weighted by molar-refractivity contribution is 7.91. The fraction of sp³-hybridized carbons (Fsp3) is 0.500. The zero-order valence-corrected chi connectivity index (χ0v) is 12.1. The predicted molar refractivity (Wildman–Crippen MR) is 71.3 cm³/mol. The lowest BCUT2D eigenvalue weighted by Gasteiger charge is -2.06. The first-order valence-electron chi connectivity index (χ1n) is 5.44. The van der Waals surface area contributed by atoms with Gasteiger partial charge in [0.1, 0.15) is 5.00 Å². The first-order valence-corrected chi connectivity index (χ1v) is 7.74. The van der Waals surface area contributed by atoms with Crippen molar-refractivity contribution in [2.75, 3.05) is 18.4 Å². The molecule has 1 aromatic heterocycles. The van der Waals surface area contributed by atoms with E-state index in [9.17, 15) is 13.2 Å². The van der Waals surface area contributed by atoms with Crippen LogP contribution in [0, 0.1) is 0 Å². The van der Waals surface area contributed by atoms with E-state index >= 15 is 0 Å². The van der Waals surface area contributed by atoms with Gasteiger partial charge in [0.05, 0.1) is 12.2 Å². The second kappa shape index (κ2) is 6.17. The van der Waals surface area contributed by atoms with Crippen molar-refractivity contribution >= 4 is 32.5 Å². The highest BCUT2D eigenvalue weighted by Crippen LogP contribution is 2.29. The number of anilines is 1. The summed E-state index contributed by atoms with van der Waals surface area (Å²) in [5.74, 6) is -0.526. The Hall–Kier alpha value is -1.12. The van der Waals surface area contributed by atoms with Gasteiger partial charge in [0.15, 0.2) is 0 Å². The summed E-state index contributed by atoms with van der Waals surface area (Å²) in [6.07, 6.45) is 0.721. The maximum atomic E-state index is 11.7. The van der Waals surface area contributed by atoms with Crippen LogP contribution in [0.5, 0.6) is 0 Å². The number of nitrogens with one attached hydrogen (secondary N) is 2. The number of thiophene rings is 1. The SMILES string of the molecule is CCOC(=O)c1cc(CC)sc1NS(=O)(=O)NC. The van der Waals surface area contributed by atoms with E-state index in [1.165, 1.54) is 18.4 Å². The van der Waals surface area contributed by atoms with Crippen molar-refractivity contribution in [3.8, 4) is 0 Å². The van der Waals surface area contributed by atoms with Gasteiger partial charge in [-0.1, -0.05) is 6.92 Å². The first-order chi connectivity index (χ1) is 8.43. The quantitative estimate of drug-likeness (QED) is 0.775. The zero-order chi connectivity index (χ0) is 13.8. The Morgan fingerprint density at radius 2 is 2.11 bits per heavy atom. The van der Waals surface area contributed by atoms with E-state index in [0.717, 1.165) is 11.3 Å². The van der Waals surface area contributed by atoms with E-state index in [2.05, 4.69) is 9.44 Å². The normalized spacial score (nSPS) is 11.3. The Bertz CT molecular complexity index is 522. The molecule has 0 saturated heterocycles. The minimum atomic E-state index is -3.64. The molecule has 1 heterocycles. The molecule has 0 aromatic carbocycles. The molecule has 0 aliphatic heterocycles. The molecule has 1 rings (SSSR count). The minimum absolute atomic E-state index is 0.244. The van der Waals surface area contributed by atoms with E-state index in [1.54, 1.807) is 13.0 Å². The molecule has 2 N–H and O–H groups in total. The Morgan fingerprint density at radius 1 is 1.44 bits per heavy atom. The number of esters is 1. The van der Waals surface area contributed by atoms with Gasteiger partial charge in [-0.3, -0.25) is 4.72 Å². The van der Waals surface area contributed by atoms with Crippen molar-refractivity contribution in [2.45, 2.75) is 20.3 Å². The number of ether oxygens (including phenoxy) is 1. The summed E-state index contributed by atoms with van der Waals surface area (Å²) in [6.45, 7) is 3.87. The van der Waals surface area contributed by atoms with Gasteiger partial charge in [-0.2, -0.15) is 8.42 Å². The molecule has 0 saturated carbocycles. The summed E-state index contributed by atoms with van der Waals surface area (Å²) in [5.41, 5.74) is 0.248. The number of carbonyl (C=O) groups excluding carboxylic acids is 1. The summed E-state index contributed by atoms with van der Waals surface area (Å²) in [7, 11) is -2.34. The van der Waals surface area contributed by atoms with Gasteiger partial charge in [-0.25, -0.2) is 9.52 Å². The second-order valence-electron chi connectivity index (χ2n) is 3.34. The fourth-order valence-corrected chi connectivity index (χ4v) is 3.01. The number of aryl methyl sites for hydroxylation is 1. The smallest absolute Gasteiger partial charge is 0.341 e. The van der Waals surface area contributed by atoms with Crippen molar-refractivity contribution < 1.29 is 17.9 Å². The number of carbonyl (C=O) groups is 1. The van der Waals surface area contributed by atoms with Gasteiger partial charge in [0.25, 0.3) is 10.2 Å². The third-order valence-corrected chi connectivity index (χ3v) is 4.46. The van der Waals surface area contributed by atoms with Gasteiger partial charge in [0, 0.05) is 11.9 Å². The molecule has 18 heavy (non-hydrogen) atoms. The summed E-state index contributed by atoms with van der Waals surface area (Å²) in [5, 5.41) is 0.277. The maximum absolute atomic E-state index is 11.7. The molecule has 0 spiro atoms. The van der Waals surface area contributed by atoms with E-state index in [4.69, 9.17) is 4.74 Å². The molecule has 8 heteroatoms. The molecule has 0 atom stereocenters. The zero-order valence-electron chi connectivity index (χ0n) is 10.4. The Balaban J connectivity index is 3.09. The molecule has 102 valence electrons. The van der Waals surface area contributed by atoms with E-state index < -0.39 is 16.2 Å². The number of rotatable bonds is 6. The van der Waals surface area contributed by atoms with Crippen molar-refractivity contribution in [2.24, 2.45) is 0 Å². The van der Waals surface area contributed by atoms with Crippen LogP contribution in [-0.2, 0) is 21.4 Å². The van der Waals surface area contributed by atoms with Crippen LogP contribution in [-0.4, -0.2) is 28.0 Å². The maximum Gasteiger partial charge on any atom is 0.341 e. The lowest BCUT2D eigenvalue weighted by molar-refractivity contribution is 0.0528. The average molecular weight is 292 g/mol. The molecule has 0 aliphatic carbocycles. The van der Waals surface area contributed by atoms with Crippen molar-refractivity contribution in [3.05, 3.63) is 16.5 Å². The molecular formula is C10H16N2O4S2. The molecule has 0 fully saturated rings. The lowest BCUT2D eigenvalue weighted by atomic mass is 10.2. The number of hydrogen-bond donors (Lipinski definition) is 2. The van der Waals surface area contributed by atoms with Crippen molar-refractivity contribution in [1.29, 1.82) is 0 Å². The van der Waals surface area contributed by atoms with E-state index in [1.807, 2.05) is 6.92 Å². The van der Waals surface area contributed by atoms with Crippen LogP contribution in [0.25, 0.3) is 0 Å². The third-order valence-electron chi connectivity index (χ3n) is 2.12. The van der Waals surface area contributed by atoms with Gasteiger partial charge in [-0.15, -0.1) is 11.3 Å². The van der Waals surface area contributed by atoms with Crippen LogP contribution in [0.2, 0.25) is 0 Å². The molecule has 0 amide bonds. The lowest BCUT2D eigenvalue weighted by Crippen LogP contribution is -2.26. The summed E-state index contributed by atoms with van der Waals surface area (Å²) < 4.78 is 32.2. The van der Waals surface area contributed by atoms with Gasteiger partial charge >= 0.3 is 5.97 Å². The van der Waals surface area contributed by atoms with Crippen molar-refractivity contribution in [1.82, 2.24) is 4.72 Å². The predicted octanol–water partition coefficient (Wildman–Crippen LogP) is 1.36. The molecular weight excluding hydrogens is 276 g/mol. The molecule has 0 radical (unpaired) electrons.